The van der Waals surface area contributed by atoms with Crippen molar-refractivity contribution in [2.45, 2.75) is 32.8 Å². The first kappa shape index (κ1) is 13.7. The summed E-state index contributed by atoms with van der Waals surface area (Å²) < 4.78 is 5.53. The largest absolute Gasteiger partial charge is 0.423 e. The van der Waals surface area contributed by atoms with Gasteiger partial charge in [-0.25, -0.2) is 0 Å². The van der Waals surface area contributed by atoms with Gasteiger partial charge in [0.2, 0.25) is 0 Å². The van der Waals surface area contributed by atoms with Gasteiger partial charge < -0.3 is 20.6 Å². The quantitative estimate of drug-likeness (QED) is 0.698. The Balaban J connectivity index is 2.04. The maximum absolute atomic E-state index is 10.0. The molecule has 19 heavy (non-hydrogen) atoms. The summed E-state index contributed by atoms with van der Waals surface area (Å²) in [5.41, 5.74) is 7.72. The molecule has 2 aromatic rings. The zero-order chi connectivity index (χ0) is 13.8. The molecule has 0 bridgehead atoms. The molecule has 0 aliphatic heterocycles. The summed E-state index contributed by atoms with van der Waals surface area (Å²) in [5.74, 6) is 0.293. The Labute approximate surface area is 112 Å². The van der Waals surface area contributed by atoms with Gasteiger partial charge in [0.15, 0.2) is 5.58 Å². The summed E-state index contributed by atoms with van der Waals surface area (Å²) in [7, 11) is 0. The van der Waals surface area contributed by atoms with Crippen molar-refractivity contribution in [3.05, 3.63) is 18.2 Å². The Morgan fingerprint density at radius 3 is 2.74 bits per heavy atom. The molecular weight excluding hydrogens is 242 g/mol. The summed E-state index contributed by atoms with van der Waals surface area (Å²) >= 11 is 0. The molecule has 0 radical (unpaired) electrons. The Bertz CT molecular complexity index is 534. The number of anilines is 2. The topological polar surface area (TPSA) is 84.3 Å². The van der Waals surface area contributed by atoms with Crippen LogP contribution < -0.4 is 11.1 Å². The third-order valence-electron chi connectivity index (χ3n) is 3.51. The first-order chi connectivity index (χ1) is 9.15. The molecule has 1 aromatic carbocycles. The molecule has 1 unspecified atom stereocenters. The number of nitrogens with two attached hydrogens (primary N) is 1. The predicted octanol–water partition coefficient (Wildman–Crippen LogP) is 2.62. The van der Waals surface area contributed by atoms with Crippen molar-refractivity contribution in [1.29, 1.82) is 0 Å². The number of rotatable bonds is 6. The minimum Gasteiger partial charge on any atom is -0.423 e. The highest BCUT2D eigenvalue weighted by molar-refractivity contribution is 5.86. The molecule has 0 saturated carbocycles. The molecule has 1 atom stereocenters. The van der Waals surface area contributed by atoms with E-state index in [1.54, 1.807) is 6.07 Å². The van der Waals surface area contributed by atoms with Crippen LogP contribution in [0.25, 0.3) is 11.1 Å². The van der Waals surface area contributed by atoms with Gasteiger partial charge in [-0.3, -0.25) is 0 Å². The van der Waals surface area contributed by atoms with Crippen molar-refractivity contribution in [2.75, 3.05) is 17.6 Å². The van der Waals surface area contributed by atoms with E-state index in [9.17, 15) is 5.11 Å². The van der Waals surface area contributed by atoms with Gasteiger partial charge in [-0.1, -0.05) is 32.8 Å². The van der Waals surface area contributed by atoms with E-state index in [0.717, 1.165) is 12.8 Å². The second kappa shape index (κ2) is 5.93. The van der Waals surface area contributed by atoms with Gasteiger partial charge in [-0.05, 0) is 18.1 Å². The van der Waals surface area contributed by atoms with E-state index in [1.807, 2.05) is 12.1 Å². The lowest BCUT2D eigenvalue weighted by Crippen LogP contribution is -2.27. The van der Waals surface area contributed by atoms with E-state index in [0.29, 0.717) is 35.3 Å². The van der Waals surface area contributed by atoms with Gasteiger partial charge in [-0.2, -0.15) is 4.98 Å². The molecule has 0 saturated heterocycles. The summed E-state index contributed by atoms with van der Waals surface area (Å²) in [6, 6.07) is 5.83. The van der Waals surface area contributed by atoms with Gasteiger partial charge in [-0.15, -0.1) is 0 Å². The number of aromatic nitrogens is 1. The monoisotopic (exact) mass is 263 g/mol. The number of aliphatic hydroxyl groups excluding tert-OH is 1. The lowest BCUT2D eigenvalue weighted by Gasteiger charge is -2.19. The Morgan fingerprint density at radius 2 is 2.11 bits per heavy atom. The molecule has 0 spiro atoms. The minimum atomic E-state index is -0.401. The number of nitrogen functional groups attached to an aromatic ring is 1. The van der Waals surface area contributed by atoms with Crippen LogP contribution in [0.1, 0.15) is 26.7 Å². The first-order valence-electron chi connectivity index (χ1n) is 6.72. The van der Waals surface area contributed by atoms with Crippen molar-refractivity contribution in [2.24, 2.45) is 5.92 Å². The van der Waals surface area contributed by atoms with Crippen LogP contribution in [-0.4, -0.2) is 22.7 Å². The summed E-state index contributed by atoms with van der Waals surface area (Å²) in [6.45, 7) is 4.59. The molecule has 2 rings (SSSR count). The maximum Gasteiger partial charge on any atom is 0.295 e. The van der Waals surface area contributed by atoms with E-state index in [4.69, 9.17) is 10.2 Å². The fourth-order valence-electron chi connectivity index (χ4n) is 2.24. The number of nitrogens with one attached hydrogen (secondary N) is 1. The van der Waals surface area contributed by atoms with Crippen molar-refractivity contribution < 1.29 is 9.52 Å². The number of para-hydroxylation sites is 1. The fraction of sp³-hybridized carbons (Fsp3) is 0.500. The zero-order valence-electron chi connectivity index (χ0n) is 11.4. The highest BCUT2D eigenvalue weighted by atomic mass is 16.4. The van der Waals surface area contributed by atoms with Crippen molar-refractivity contribution in [3.8, 4) is 0 Å². The molecule has 104 valence electrons. The van der Waals surface area contributed by atoms with Crippen molar-refractivity contribution in [1.82, 2.24) is 4.98 Å². The lowest BCUT2D eigenvalue weighted by molar-refractivity contribution is 0.114. The number of fused-ring (bicyclic) bond motifs is 1. The zero-order valence-corrected chi connectivity index (χ0v) is 11.4. The number of benzene rings is 1. The van der Waals surface area contributed by atoms with E-state index in [-0.39, 0.29) is 0 Å². The lowest BCUT2D eigenvalue weighted by atomic mass is 9.97. The molecule has 1 aromatic heterocycles. The van der Waals surface area contributed by atoms with E-state index in [2.05, 4.69) is 24.1 Å². The van der Waals surface area contributed by atoms with Crippen LogP contribution in [0.4, 0.5) is 11.7 Å². The average Bonchev–Trinajstić information content (AvgIpc) is 2.82. The molecule has 0 aliphatic rings. The standard InChI is InChI=1S/C14H21N3O2/c1-3-9(4-2)11(18)8-16-14-17-13-10(15)6-5-7-12(13)19-14/h5-7,9,11,18H,3-4,8,15H2,1-2H3,(H,16,17). The van der Waals surface area contributed by atoms with Crippen LogP contribution in [-0.2, 0) is 0 Å². The van der Waals surface area contributed by atoms with Crippen LogP contribution in [0, 0.1) is 5.92 Å². The summed E-state index contributed by atoms with van der Waals surface area (Å²) in [5, 5.41) is 13.1. The Morgan fingerprint density at radius 1 is 1.37 bits per heavy atom. The molecule has 0 amide bonds. The van der Waals surface area contributed by atoms with Crippen LogP contribution >= 0.6 is 0 Å². The van der Waals surface area contributed by atoms with E-state index < -0.39 is 6.10 Å². The van der Waals surface area contributed by atoms with Gasteiger partial charge in [0.25, 0.3) is 6.01 Å². The van der Waals surface area contributed by atoms with E-state index in [1.165, 1.54) is 0 Å². The van der Waals surface area contributed by atoms with Gasteiger partial charge in [0.1, 0.15) is 5.52 Å². The first-order valence-corrected chi connectivity index (χ1v) is 6.72. The van der Waals surface area contributed by atoms with Gasteiger partial charge in [0, 0.05) is 6.54 Å². The SMILES string of the molecule is CCC(CC)C(O)CNc1nc2c(N)cccc2o1. The average molecular weight is 263 g/mol. The second-order valence-electron chi connectivity index (χ2n) is 4.74. The highest BCUT2D eigenvalue weighted by Crippen LogP contribution is 2.23. The van der Waals surface area contributed by atoms with E-state index >= 15 is 0 Å². The molecule has 0 fully saturated rings. The Kier molecular flexibility index (Phi) is 4.27. The Hall–Kier alpha value is -1.75. The molecule has 5 heteroatoms. The highest BCUT2D eigenvalue weighted by Gasteiger charge is 2.16. The molecular formula is C14H21N3O2. The normalized spacial score (nSPS) is 13.1. The fourth-order valence-corrected chi connectivity index (χ4v) is 2.24. The molecule has 1 heterocycles. The van der Waals surface area contributed by atoms with Gasteiger partial charge >= 0.3 is 0 Å². The molecule has 4 N–H and O–H groups in total. The number of hydrogen-bond donors (Lipinski definition) is 3. The number of hydrogen-bond acceptors (Lipinski definition) is 5. The number of aliphatic hydroxyl groups is 1. The minimum absolute atomic E-state index is 0.293. The number of oxazole rings is 1. The number of nitrogens with zero attached hydrogens (tertiary/aromatic N) is 1. The predicted molar refractivity (Wildman–Crippen MR) is 77.0 cm³/mol. The third kappa shape index (κ3) is 2.98. The van der Waals surface area contributed by atoms with Crippen molar-refractivity contribution >= 4 is 22.8 Å². The summed E-state index contributed by atoms with van der Waals surface area (Å²) in [6.07, 6.45) is 1.52. The van der Waals surface area contributed by atoms with Gasteiger partial charge in [0.05, 0.1) is 11.8 Å². The molecule has 0 aliphatic carbocycles. The summed E-state index contributed by atoms with van der Waals surface area (Å²) in [4.78, 5) is 4.28. The molecule has 5 nitrogen and oxygen atoms in total. The maximum atomic E-state index is 10.0. The van der Waals surface area contributed by atoms with Crippen molar-refractivity contribution in [3.63, 3.8) is 0 Å². The third-order valence-corrected chi connectivity index (χ3v) is 3.51. The second-order valence-corrected chi connectivity index (χ2v) is 4.74. The van der Waals surface area contributed by atoms with Crippen LogP contribution in [0.3, 0.4) is 0 Å². The van der Waals surface area contributed by atoms with Crippen LogP contribution in [0.2, 0.25) is 0 Å². The van der Waals surface area contributed by atoms with Crippen LogP contribution in [0.5, 0.6) is 0 Å². The smallest absolute Gasteiger partial charge is 0.295 e. The van der Waals surface area contributed by atoms with Crippen LogP contribution in [0.15, 0.2) is 22.6 Å².